The number of allylic oxidation sites excluding steroid dienone is 1. The highest BCUT2D eigenvalue weighted by Crippen LogP contribution is 2.38. The molecular weight excluding hydrogens is 448 g/mol. The maximum Gasteiger partial charge on any atom is 0.322 e. The lowest BCUT2D eigenvalue weighted by atomic mass is 9.94. The average molecular weight is 473 g/mol. The molecule has 0 saturated carbocycles. The van der Waals surface area contributed by atoms with Gasteiger partial charge >= 0.3 is 6.03 Å². The highest BCUT2D eigenvalue weighted by Gasteiger charge is 2.36. The van der Waals surface area contributed by atoms with Crippen molar-refractivity contribution in [2.24, 2.45) is 0 Å². The van der Waals surface area contributed by atoms with Crippen molar-refractivity contribution in [3.63, 3.8) is 0 Å². The molecule has 1 atom stereocenters. The average Bonchev–Trinajstić information content (AvgIpc) is 3.54. The summed E-state index contributed by atoms with van der Waals surface area (Å²) in [6.45, 7) is 4.41. The summed E-state index contributed by atoms with van der Waals surface area (Å²) in [5.41, 5.74) is 4.38. The van der Waals surface area contributed by atoms with E-state index in [1.807, 2.05) is 79.9 Å². The van der Waals surface area contributed by atoms with E-state index in [4.69, 9.17) is 14.2 Å². The van der Waals surface area contributed by atoms with Crippen molar-refractivity contribution < 1.29 is 14.1 Å². The zero-order chi connectivity index (χ0) is 23.7. The van der Waals surface area contributed by atoms with E-state index in [2.05, 4.69) is 10.5 Å². The molecule has 0 aliphatic carbocycles. The normalized spacial score (nSPS) is 16.0. The van der Waals surface area contributed by atoms with E-state index in [-0.39, 0.29) is 6.03 Å². The number of rotatable bonds is 6. The molecule has 1 unspecified atom stereocenters. The number of hydrogen-bond donors (Lipinski definition) is 1. The Morgan fingerprint density at radius 1 is 1.12 bits per heavy atom. The Morgan fingerprint density at radius 3 is 2.74 bits per heavy atom. The number of aromatic nitrogens is 2. The molecular formula is C26H24N4O3S. The van der Waals surface area contributed by atoms with Crippen molar-refractivity contribution in [2.45, 2.75) is 26.4 Å². The zero-order valence-electron chi connectivity index (χ0n) is 19.1. The molecule has 1 aliphatic heterocycles. The fourth-order valence-corrected chi connectivity index (χ4v) is 4.81. The van der Waals surface area contributed by atoms with Crippen molar-refractivity contribution in [3.05, 3.63) is 93.6 Å². The number of hydrogen-bond acceptors (Lipinski definition) is 6. The molecule has 0 radical (unpaired) electrons. The van der Waals surface area contributed by atoms with E-state index in [0.29, 0.717) is 24.0 Å². The van der Waals surface area contributed by atoms with E-state index in [1.54, 1.807) is 23.3 Å². The van der Waals surface area contributed by atoms with Gasteiger partial charge in [-0.15, -0.1) is 11.3 Å². The monoisotopic (exact) mass is 472 g/mol. The highest BCUT2D eigenvalue weighted by atomic mass is 32.1. The molecule has 2 amide bonds. The summed E-state index contributed by atoms with van der Waals surface area (Å²) in [6, 6.07) is 18.9. The summed E-state index contributed by atoms with van der Waals surface area (Å²) in [5, 5.41) is 9.38. The Hall–Kier alpha value is -3.91. The van der Waals surface area contributed by atoms with Crippen molar-refractivity contribution >= 4 is 22.9 Å². The maximum atomic E-state index is 13.2. The van der Waals surface area contributed by atoms with Crippen LogP contribution in [0.3, 0.4) is 0 Å². The quantitative estimate of drug-likeness (QED) is 0.383. The predicted molar refractivity (Wildman–Crippen MR) is 131 cm³/mol. The summed E-state index contributed by atoms with van der Waals surface area (Å²) >= 11 is 1.61. The van der Waals surface area contributed by atoms with E-state index in [0.717, 1.165) is 32.8 Å². The molecule has 8 heteroatoms. The molecule has 5 rings (SSSR count). The van der Waals surface area contributed by atoms with Crippen molar-refractivity contribution in [2.75, 3.05) is 7.11 Å². The highest BCUT2D eigenvalue weighted by molar-refractivity contribution is 7.09. The molecule has 1 aliphatic rings. The first-order valence-electron chi connectivity index (χ1n) is 10.9. The van der Waals surface area contributed by atoms with Crippen LogP contribution < -0.4 is 10.1 Å². The molecule has 172 valence electrons. The molecule has 1 N–H and O–H groups in total. The van der Waals surface area contributed by atoms with Crippen LogP contribution in [0.1, 0.15) is 34.9 Å². The number of amides is 2. The minimum absolute atomic E-state index is 0.180. The molecule has 4 aromatic rings. The summed E-state index contributed by atoms with van der Waals surface area (Å²) in [4.78, 5) is 20.7. The fourth-order valence-electron chi connectivity index (χ4n) is 4.11. The Morgan fingerprint density at radius 2 is 1.97 bits per heavy atom. The minimum atomic E-state index is -0.465. The number of aryl methyl sites for hydroxylation is 1. The second kappa shape index (κ2) is 9.15. The Bertz CT molecular complexity index is 1360. The van der Waals surface area contributed by atoms with Gasteiger partial charge in [0.05, 0.1) is 25.3 Å². The third-order valence-corrected chi connectivity index (χ3v) is 6.71. The smallest absolute Gasteiger partial charge is 0.322 e. The molecule has 0 fully saturated rings. The summed E-state index contributed by atoms with van der Waals surface area (Å²) < 4.78 is 11.2. The fraction of sp³-hybridized carbons (Fsp3) is 0.192. The number of nitrogens with zero attached hydrogens (tertiary/aromatic N) is 3. The number of urea groups is 1. The first-order valence-corrected chi connectivity index (χ1v) is 11.8. The Balaban J connectivity index is 1.61. The van der Waals surface area contributed by atoms with Crippen LogP contribution in [-0.4, -0.2) is 28.2 Å². The van der Waals surface area contributed by atoms with Crippen LogP contribution >= 0.6 is 11.3 Å². The first kappa shape index (κ1) is 21.9. The van der Waals surface area contributed by atoms with Gasteiger partial charge in [-0.05, 0) is 49.1 Å². The predicted octanol–water partition coefficient (Wildman–Crippen LogP) is 5.81. The summed E-state index contributed by atoms with van der Waals surface area (Å²) in [6.07, 6.45) is 0. The molecule has 3 heterocycles. The number of carbonyl (C=O) groups is 1. The third kappa shape index (κ3) is 4.20. The van der Waals surface area contributed by atoms with Crippen LogP contribution in [0.2, 0.25) is 0 Å². The van der Waals surface area contributed by atoms with Crippen LogP contribution in [0, 0.1) is 6.92 Å². The van der Waals surface area contributed by atoms with Crippen LogP contribution in [-0.2, 0) is 6.54 Å². The van der Waals surface area contributed by atoms with Gasteiger partial charge in [-0.1, -0.05) is 47.1 Å². The van der Waals surface area contributed by atoms with Crippen LogP contribution in [0.4, 0.5) is 4.79 Å². The van der Waals surface area contributed by atoms with Crippen LogP contribution in [0.25, 0.3) is 17.0 Å². The largest absolute Gasteiger partial charge is 0.497 e. The lowest BCUT2D eigenvalue weighted by Gasteiger charge is -2.35. The van der Waals surface area contributed by atoms with E-state index < -0.39 is 6.04 Å². The van der Waals surface area contributed by atoms with Gasteiger partial charge in [-0.3, -0.25) is 4.90 Å². The number of methoxy groups -OCH3 is 1. The van der Waals surface area contributed by atoms with Crippen molar-refractivity contribution in [1.29, 1.82) is 0 Å². The van der Waals surface area contributed by atoms with Crippen molar-refractivity contribution in [1.82, 2.24) is 20.4 Å². The molecule has 2 aromatic carbocycles. The van der Waals surface area contributed by atoms with Gasteiger partial charge in [0.15, 0.2) is 0 Å². The third-order valence-electron chi connectivity index (χ3n) is 5.85. The first-order chi connectivity index (χ1) is 16.5. The van der Waals surface area contributed by atoms with Gasteiger partial charge in [0.1, 0.15) is 5.75 Å². The molecule has 0 bridgehead atoms. The Kier molecular flexibility index (Phi) is 5.90. The van der Waals surface area contributed by atoms with Gasteiger partial charge in [0.2, 0.25) is 5.82 Å². The van der Waals surface area contributed by atoms with E-state index in [9.17, 15) is 4.79 Å². The molecule has 0 spiro atoms. The van der Waals surface area contributed by atoms with Gasteiger partial charge in [-0.25, -0.2) is 4.79 Å². The van der Waals surface area contributed by atoms with Gasteiger partial charge in [-0.2, -0.15) is 4.98 Å². The van der Waals surface area contributed by atoms with Crippen molar-refractivity contribution in [3.8, 4) is 17.1 Å². The van der Waals surface area contributed by atoms with E-state index in [1.165, 1.54) is 0 Å². The number of thiophene rings is 1. The second-order valence-corrected chi connectivity index (χ2v) is 9.15. The molecule has 7 nitrogen and oxygen atoms in total. The topological polar surface area (TPSA) is 80.5 Å². The number of ether oxygens (including phenoxy) is 1. The Labute approximate surface area is 201 Å². The molecule has 0 saturated heterocycles. The number of nitrogens with one attached hydrogen (secondary N) is 1. The van der Waals surface area contributed by atoms with Crippen LogP contribution in [0.15, 0.2) is 76.3 Å². The molecule has 2 aromatic heterocycles. The van der Waals surface area contributed by atoms with Gasteiger partial charge < -0.3 is 14.6 Å². The van der Waals surface area contributed by atoms with Gasteiger partial charge in [0.25, 0.3) is 5.89 Å². The number of benzene rings is 2. The molecule has 34 heavy (non-hydrogen) atoms. The SMILES string of the molecule is COc1cccc(C2NC(=O)N(Cc3cccs3)C(C)=C2c2nc(-c3cccc(C)c3)no2)c1. The summed E-state index contributed by atoms with van der Waals surface area (Å²) in [7, 11) is 1.62. The lowest BCUT2D eigenvalue weighted by Crippen LogP contribution is -2.45. The number of carbonyl (C=O) groups excluding carboxylic acids is 1. The van der Waals surface area contributed by atoms with Gasteiger partial charge in [0, 0.05) is 16.1 Å². The minimum Gasteiger partial charge on any atom is -0.497 e. The standard InChI is InChI=1S/C26H24N4O3S/c1-16-7-4-9-19(13-16)24-28-25(33-29-24)22-17(2)30(15-21-11-6-12-34-21)26(31)27-23(22)18-8-5-10-20(14-18)32-3/h4-14,23H,15H2,1-3H3,(H,27,31). The lowest BCUT2D eigenvalue weighted by molar-refractivity contribution is 0.203. The maximum absolute atomic E-state index is 13.2. The van der Waals surface area contributed by atoms with E-state index >= 15 is 0 Å². The second-order valence-electron chi connectivity index (χ2n) is 8.12. The zero-order valence-corrected chi connectivity index (χ0v) is 19.9. The summed E-state index contributed by atoms with van der Waals surface area (Å²) in [5.74, 6) is 1.58. The van der Waals surface area contributed by atoms with Crippen LogP contribution in [0.5, 0.6) is 5.75 Å².